The molecule has 9 heteroatoms. The van der Waals surface area contributed by atoms with E-state index in [1.54, 1.807) is 18.8 Å². The van der Waals surface area contributed by atoms with Crippen molar-refractivity contribution in [3.63, 3.8) is 0 Å². The molecule has 0 unspecified atom stereocenters. The number of aromatic nitrogens is 5. The monoisotopic (exact) mass is 463 g/mol. The standard InChI is InChI=1S/C24H25N5O3S/c1-16-25-22(32-27-16)24(11-13-31-14-12-24)18-5-4-6-21(15-18)33-20-9-7-19(8-10-20)29-23(30)28(3)17(2)26-29/h4-10,15H,11-14H2,1-3H3. The summed E-state index contributed by atoms with van der Waals surface area (Å²) in [4.78, 5) is 19.1. The molecule has 0 spiro atoms. The smallest absolute Gasteiger partial charge is 0.350 e. The fourth-order valence-electron chi connectivity index (χ4n) is 4.19. The number of rotatable bonds is 5. The number of aryl methyl sites for hydroxylation is 2. The maximum atomic E-state index is 12.3. The van der Waals surface area contributed by atoms with Gasteiger partial charge in [-0.15, -0.1) is 0 Å². The molecule has 1 fully saturated rings. The van der Waals surface area contributed by atoms with E-state index in [2.05, 4.69) is 39.5 Å². The van der Waals surface area contributed by atoms with E-state index in [-0.39, 0.29) is 11.1 Å². The molecule has 2 aromatic carbocycles. The molecule has 0 atom stereocenters. The van der Waals surface area contributed by atoms with Crippen LogP contribution in [0.1, 0.15) is 35.9 Å². The lowest BCUT2D eigenvalue weighted by atomic mass is 9.74. The molecule has 1 aliphatic heterocycles. The molecule has 0 radical (unpaired) electrons. The molecular weight excluding hydrogens is 438 g/mol. The second-order valence-corrected chi connectivity index (χ2v) is 9.41. The van der Waals surface area contributed by atoms with E-state index >= 15 is 0 Å². The Morgan fingerprint density at radius 2 is 1.79 bits per heavy atom. The van der Waals surface area contributed by atoms with Crippen molar-refractivity contribution in [2.24, 2.45) is 7.05 Å². The van der Waals surface area contributed by atoms with Crippen molar-refractivity contribution in [2.45, 2.75) is 41.9 Å². The van der Waals surface area contributed by atoms with Crippen molar-refractivity contribution in [3.05, 3.63) is 82.1 Å². The summed E-state index contributed by atoms with van der Waals surface area (Å²) >= 11 is 1.67. The number of hydrogen-bond acceptors (Lipinski definition) is 7. The zero-order valence-electron chi connectivity index (χ0n) is 18.8. The number of hydrogen-bond donors (Lipinski definition) is 0. The first-order chi connectivity index (χ1) is 16.0. The van der Waals surface area contributed by atoms with Crippen LogP contribution in [0.5, 0.6) is 0 Å². The Morgan fingerprint density at radius 1 is 1.03 bits per heavy atom. The lowest BCUT2D eigenvalue weighted by Crippen LogP contribution is -2.35. The van der Waals surface area contributed by atoms with Crippen LogP contribution in [0, 0.1) is 13.8 Å². The minimum absolute atomic E-state index is 0.154. The fourth-order valence-corrected chi connectivity index (χ4v) is 5.07. The van der Waals surface area contributed by atoms with Gasteiger partial charge in [-0.25, -0.2) is 4.79 Å². The van der Waals surface area contributed by atoms with Gasteiger partial charge in [0.1, 0.15) is 5.82 Å². The number of ether oxygens (including phenoxy) is 1. The van der Waals surface area contributed by atoms with Gasteiger partial charge in [-0.05, 0) is 68.7 Å². The molecule has 4 aromatic rings. The second-order valence-electron chi connectivity index (χ2n) is 8.27. The minimum atomic E-state index is -0.335. The zero-order valence-corrected chi connectivity index (χ0v) is 19.6. The fraction of sp³-hybridized carbons (Fsp3) is 0.333. The predicted octanol–water partition coefficient (Wildman–Crippen LogP) is 3.82. The molecule has 3 heterocycles. The van der Waals surface area contributed by atoms with E-state index in [1.807, 2.05) is 38.1 Å². The van der Waals surface area contributed by atoms with Crippen molar-refractivity contribution in [1.29, 1.82) is 0 Å². The quantitative estimate of drug-likeness (QED) is 0.445. The Morgan fingerprint density at radius 3 is 2.42 bits per heavy atom. The van der Waals surface area contributed by atoms with Crippen molar-refractivity contribution in [2.75, 3.05) is 13.2 Å². The number of benzene rings is 2. The highest BCUT2D eigenvalue weighted by Crippen LogP contribution is 2.42. The van der Waals surface area contributed by atoms with Crippen LogP contribution in [-0.4, -0.2) is 37.7 Å². The Bertz CT molecular complexity index is 1330. The van der Waals surface area contributed by atoms with E-state index in [0.29, 0.717) is 30.8 Å². The third-order valence-electron chi connectivity index (χ3n) is 6.19. The lowest BCUT2D eigenvalue weighted by molar-refractivity contribution is 0.0523. The van der Waals surface area contributed by atoms with Gasteiger partial charge in [0.25, 0.3) is 0 Å². The lowest BCUT2D eigenvalue weighted by Gasteiger charge is -2.34. The van der Waals surface area contributed by atoms with Gasteiger partial charge in [-0.3, -0.25) is 4.57 Å². The molecule has 0 N–H and O–H groups in total. The van der Waals surface area contributed by atoms with Crippen LogP contribution in [0.15, 0.2) is 67.6 Å². The Kier molecular flexibility index (Phi) is 5.67. The van der Waals surface area contributed by atoms with Gasteiger partial charge >= 0.3 is 5.69 Å². The maximum absolute atomic E-state index is 12.3. The molecule has 0 amide bonds. The van der Waals surface area contributed by atoms with E-state index in [4.69, 9.17) is 9.26 Å². The normalized spacial score (nSPS) is 15.6. The van der Waals surface area contributed by atoms with Crippen LogP contribution in [0.4, 0.5) is 0 Å². The van der Waals surface area contributed by atoms with Gasteiger partial charge in [-0.1, -0.05) is 29.1 Å². The highest BCUT2D eigenvalue weighted by Gasteiger charge is 2.41. The zero-order chi connectivity index (χ0) is 23.0. The SMILES string of the molecule is Cc1noc(C2(c3cccc(Sc4ccc(-n5nc(C)n(C)c5=O)cc4)c3)CCOCC2)n1. The van der Waals surface area contributed by atoms with Gasteiger partial charge in [0.15, 0.2) is 5.82 Å². The van der Waals surface area contributed by atoms with Gasteiger partial charge < -0.3 is 9.26 Å². The third kappa shape index (κ3) is 4.02. The minimum Gasteiger partial charge on any atom is -0.381 e. The molecule has 33 heavy (non-hydrogen) atoms. The largest absolute Gasteiger partial charge is 0.381 e. The van der Waals surface area contributed by atoms with Crippen LogP contribution >= 0.6 is 11.8 Å². The topological polar surface area (TPSA) is 88.0 Å². The van der Waals surface area contributed by atoms with Crippen LogP contribution in [0.2, 0.25) is 0 Å². The summed E-state index contributed by atoms with van der Waals surface area (Å²) < 4.78 is 14.2. The first-order valence-electron chi connectivity index (χ1n) is 10.9. The van der Waals surface area contributed by atoms with Gasteiger partial charge in [-0.2, -0.15) is 14.8 Å². The van der Waals surface area contributed by atoms with Crippen LogP contribution in [0.25, 0.3) is 5.69 Å². The first kappa shape index (κ1) is 21.7. The van der Waals surface area contributed by atoms with Gasteiger partial charge in [0, 0.05) is 30.1 Å². The summed E-state index contributed by atoms with van der Waals surface area (Å²) in [5.41, 5.74) is 1.41. The highest BCUT2D eigenvalue weighted by molar-refractivity contribution is 7.99. The Hall–Kier alpha value is -3.17. The molecule has 1 aliphatic rings. The van der Waals surface area contributed by atoms with Gasteiger partial charge in [0.05, 0.1) is 11.1 Å². The van der Waals surface area contributed by atoms with E-state index in [0.717, 1.165) is 33.9 Å². The molecule has 170 valence electrons. The summed E-state index contributed by atoms with van der Waals surface area (Å²) in [6.07, 6.45) is 1.60. The first-order valence-corrected chi connectivity index (χ1v) is 11.7. The summed E-state index contributed by atoms with van der Waals surface area (Å²) in [5.74, 6) is 1.98. The van der Waals surface area contributed by atoms with Crippen molar-refractivity contribution in [1.82, 2.24) is 24.5 Å². The number of nitrogens with zero attached hydrogens (tertiary/aromatic N) is 5. The van der Waals surface area contributed by atoms with E-state index in [1.165, 1.54) is 9.25 Å². The molecule has 0 saturated carbocycles. The van der Waals surface area contributed by atoms with Crippen LogP contribution in [0.3, 0.4) is 0 Å². The summed E-state index contributed by atoms with van der Waals surface area (Å²) in [6, 6.07) is 16.4. The van der Waals surface area contributed by atoms with Crippen LogP contribution < -0.4 is 5.69 Å². The molecule has 0 aliphatic carbocycles. The van der Waals surface area contributed by atoms with Crippen molar-refractivity contribution >= 4 is 11.8 Å². The summed E-state index contributed by atoms with van der Waals surface area (Å²) in [5, 5.41) is 8.36. The Balaban J connectivity index is 1.42. The molecular formula is C24H25N5O3S. The summed E-state index contributed by atoms with van der Waals surface area (Å²) in [7, 11) is 1.72. The molecule has 0 bridgehead atoms. The van der Waals surface area contributed by atoms with E-state index in [9.17, 15) is 4.79 Å². The molecule has 8 nitrogen and oxygen atoms in total. The molecule has 5 rings (SSSR count). The highest BCUT2D eigenvalue weighted by atomic mass is 32.2. The predicted molar refractivity (Wildman–Crippen MR) is 124 cm³/mol. The average molecular weight is 464 g/mol. The second kappa shape index (κ2) is 8.64. The van der Waals surface area contributed by atoms with Crippen molar-refractivity contribution < 1.29 is 9.26 Å². The average Bonchev–Trinajstić information content (AvgIpc) is 3.39. The molecule has 1 saturated heterocycles. The third-order valence-corrected chi connectivity index (χ3v) is 7.18. The summed E-state index contributed by atoms with van der Waals surface area (Å²) in [6.45, 7) is 4.98. The molecule has 2 aromatic heterocycles. The Labute approximate surface area is 195 Å². The van der Waals surface area contributed by atoms with Crippen molar-refractivity contribution in [3.8, 4) is 5.69 Å². The van der Waals surface area contributed by atoms with E-state index < -0.39 is 0 Å². The van der Waals surface area contributed by atoms with Gasteiger partial charge in [0.2, 0.25) is 5.89 Å². The maximum Gasteiger partial charge on any atom is 0.350 e. The van der Waals surface area contributed by atoms with Crippen LogP contribution in [-0.2, 0) is 17.2 Å².